The van der Waals surface area contributed by atoms with Crippen LogP contribution in [0.3, 0.4) is 0 Å². The van der Waals surface area contributed by atoms with Crippen LogP contribution in [0.25, 0.3) is 6.08 Å². The molecule has 5 nitrogen and oxygen atoms in total. The molecule has 1 aliphatic rings. The number of amides is 1. The second kappa shape index (κ2) is 9.62. The van der Waals surface area contributed by atoms with E-state index < -0.39 is 0 Å². The fourth-order valence-corrected chi connectivity index (χ4v) is 3.53. The van der Waals surface area contributed by atoms with Crippen LogP contribution in [-0.4, -0.2) is 17.6 Å². The summed E-state index contributed by atoms with van der Waals surface area (Å²) in [5.74, 6) is 0.800. The molecule has 1 aliphatic heterocycles. The Morgan fingerprint density at radius 2 is 1.62 bits per heavy atom. The van der Waals surface area contributed by atoms with Gasteiger partial charge in [0.1, 0.15) is 29.6 Å². The molecule has 1 N–H and O–H groups in total. The molecule has 0 aliphatic carbocycles. The monoisotopic (exact) mass is 448 g/mol. The first-order valence-electron chi connectivity index (χ1n) is 10.1. The minimum absolute atomic E-state index is 0.137. The van der Waals surface area contributed by atoms with E-state index in [0.717, 1.165) is 11.3 Å². The molecule has 0 saturated carbocycles. The maximum absolute atomic E-state index is 13.7. The Kier molecular flexibility index (Phi) is 6.47. The first-order chi connectivity index (χ1) is 15.5. The van der Waals surface area contributed by atoms with E-state index in [-0.39, 0.29) is 18.3 Å². The number of carbonyl (C=O) groups is 1. The summed E-state index contributed by atoms with van der Waals surface area (Å²) in [5, 5.41) is 3.29. The number of anilines is 1. The number of hydrogen-bond donors (Lipinski definition) is 1. The highest BCUT2D eigenvalue weighted by Crippen LogP contribution is 2.25. The fraction of sp³-hybridized carbons (Fsp3) is 0.120. The zero-order valence-electron chi connectivity index (χ0n) is 17.4. The Hall–Kier alpha value is -3.71. The Morgan fingerprint density at radius 3 is 2.31 bits per heavy atom. The zero-order valence-corrected chi connectivity index (χ0v) is 18.2. The first kappa shape index (κ1) is 21.5. The van der Waals surface area contributed by atoms with Crippen LogP contribution < -0.4 is 19.7 Å². The third-order valence-electron chi connectivity index (χ3n) is 4.83. The summed E-state index contributed by atoms with van der Waals surface area (Å²) in [4.78, 5) is 14.4. The second-order valence-corrected chi connectivity index (χ2v) is 7.39. The van der Waals surface area contributed by atoms with Crippen molar-refractivity contribution < 1.29 is 18.7 Å². The number of ether oxygens (including phenoxy) is 2. The molecular weight excluding hydrogens is 427 g/mol. The molecule has 0 atom stereocenters. The van der Waals surface area contributed by atoms with E-state index in [1.54, 1.807) is 60.7 Å². The van der Waals surface area contributed by atoms with Gasteiger partial charge in [-0.05, 0) is 73.2 Å². The largest absolute Gasteiger partial charge is 0.494 e. The number of thiocarbonyl (C=S) groups is 1. The summed E-state index contributed by atoms with van der Waals surface area (Å²) in [6.07, 6.45) is 1.73. The van der Waals surface area contributed by atoms with E-state index in [0.29, 0.717) is 34.4 Å². The number of halogens is 1. The average molecular weight is 449 g/mol. The Morgan fingerprint density at radius 1 is 0.969 bits per heavy atom. The molecule has 1 saturated heterocycles. The lowest BCUT2D eigenvalue weighted by Crippen LogP contribution is -2.30. The number of rotatable bonds is 7. The molecule has 0 spiro atoms. The van der Waals surface area contributed by atoms with Gasteiger partial charge in [0, 0.05) is 5.56 Å². The van der Waals surface area contributed by atoms with Crippen molar-refractivity contribution >= 4 is 35.0 Å². The predicted molar refractivity (Wildman–Crippen MR) is 126 cm³/mol. The summed E-state index contributed by atoms with van der Waals surface area (Å²) in [6.45, 7) is 2.62. The predicted octanol–water partition coefficient (Wildman–Crippen LogP) is 5.07. The Bertz CT molecular complexity index is 1160. The van der Waals surface area contributed by atoms with Crippen LogP contribution in [0.5, 0.6) is 11.5 Å². The maximum atomic E-state index is 13.7. The van der Waals surface area contributed by atoms with E-state index >= 15 is 0 Å². The summed E-state index contributed by atoms with van der Waals surface area (Å²) >= 11 is 5.36. The minimum Gasteiger partial charge on any atom is -0.494 e. The minimum atomic E-state index is -0.298. The molecule has 0 bridgehead atoms. The van der Waals surface area contributed by atoms with Crippen LogP contribution in [0.1, 0.15) is 18.1 Å². The van der Waals surface area contributed by atoms with E-state index in [1.807, 2.05) is 19.1 Å². The van der Waals surface area contributed by atoms with Crippen LogP contribution in [0.4, 0.5) is 10.1 Å². The molecule has 4 rings (SSSR count). The van der Waals surface area contributed by atoms with Crippen LogP contribution in [0.2, 0.25) is 0 Å². The van der Waals surface area contributed by atoms with E-state index in [4.69, 9.17) is 21.7 Å². The molecule has 3 aromatic rings. The molecule has 1 heterocycles. The molecule has 162 valence electrons. The Labute approximate surface area is 191 Å². The van der Waals surface area contributed by atoms with Crippen LogP contribution in [0.15, 0.2) is 78.5 Å². The average Bonchev–Trinajstić information content (AvgIpc) is 3.08. The van der Waals surface area contributed by atoms with Gasteiger partial charge >= 0.3 is 0 Å². The molecule has 0 unspecified atom stereocenters. The lowest BCUT2D eigenvalue weighted by molar-refractivity contribution is -0.113. The highest BCUT2D eigenvalue weighted by atomic mass is 32.1. The van der Waals surface area contributed by atoms with Gasteiger partial charge in [0.2, 0.25) is 0 Å². The van der Waals surface area contributed by atoms with Crippen molar-refractivity contribution in [3.63, 3.8) is 0 Å². The Balaban J connectivity index is 1.44. The summed E-state index contributed by atoms with van der Waals surface area (Å²) in [6, 6.07) is 20.9. The quantitative estimate of drug-likeness (QED) is 0.404. The SMILES string of the molecule is CCOc1ccc(N2C(=O)/C(=C/c3ccc(OCc4ccccc4F)cc3)NC2=S)cc1. The van der Waals surface area contributed by atoms with Gasteiger partial charge in [0.25, 0.3) is 5.91 Å². The van der Waals surface area contributed by atoms with Crippen LogP contribution in [0, 0.1) is 5.82 Å². The standard InChI is InChI=1S/C25H21FN2O3S/c1-2-30-20-13-9-19(10-14-20)28-24(29)23(27-25(28)32)15-17-7-11-21(12-8-17)31-16-18-5-3-4-6-22(18)26/h3-15H,2,16H2,1H3,(H,27,32)/b23-15-. The highest BCUT2D eigenvalue weighted by molar-refractivity contribution is 7.80. The normalized spacial score (nSPS) is 14.6. The van der Waals surface area contributed by atoms with Crippen molar-refractivity contribution in [1.29, 1.82) is 0 Å². The topological polar surface area (TPSA) is 50.8 Å². The van der Waals surface area contributed by atoms with E-state index in [9.17, 15) is 9.18 Å². The molecule has 0 radical (unpaired) electrons. The summed E-state index contributed by atoms with van der Waals surface area (Å²) in [7, 11) is 0. The van der Waals surface area contributed by atoms with Crippen molar-refractivity contribution in [3.05, 3.63) is 95.4 Å². The molecule has 3 aromatic carbocycles. The third-order valence-corrected chi connectivity index (χ3v) is 5.11. The fourth-order valence-electron chi connectivity index (χ4n) is 3.23. The lowest BCUT2D eigenvalue weighted by Gasteiger charge is -2.14. The molecular formula is C25H21FN2O3S. The van der Waals surface area contributed by atoms with E-state index in [1.165, 1.54) is 11.0 Å². The second-order valence-electron chi connectivity index (χ2n) is 7.00. The molecule has 1 amide bonds. The van der Waals surface area contributed by atoms with Crippen molar-refractivity contribution in [2.24, 2.45) is 0 Å². The number of hydrogen-bond acceptors (Lipinski definition) is 4. The lowest BCUT2D eigenvalue weighted by atomic mass is 10.1. The summed E-state index contributed by atoms with van der Waals surface area (Å²) < 4.78 is 24.8. The molecule has 0 aromatic heterocycles. The van der Waals surface area contributed by atoms with E-state index in [2.05, 4.69) is 5.32 Å². The van der Waals surface area contributed by atoms with Crippen molar-refractivity contribution in [2.45, 2.75) is 13.5 Å². The first-order valence-corrected chi connectivity index (χ1v) is 10.5. The number of nitrogens with one attached hydrogen (secondary N) is 1. The van der Waals surface area contributed by atoms with Crippen LogP contribution in [-0.2, 0) is 11.4 Å². The van der Waals surface area contributed by atoms with Crippen molar-refractivity contribution in [1.82, 2.24) is 5.32 Å². The third kappa shape index (κ3) is 4.78. The summed E-state index contributed by atoms with van der Waals surface area (Å²) in [5.41, 5.74) is 2.33. The van der Waals surface area contributed by atoms with Gasteiger partial charge in [-0.1, -0.05) is 30.3 Å². The molecule has 32 heavy (non-hydrogen) atoms. The maximum Gasteiger partial charge on any atom is 0.281 e. The number of carbonyl (C=O) groups excluding carboxylic acids is 1. The zero-order chi connectivity index (χ0) is 22.5. The van der Waals surface area contributed by atoms with Crippen LogP contribution >= 0.6 is 12.2 Å². The molecule has 7 heteroatoms. The van der Waals surface area contributed by atoms with Gasteiger partial charge in [-0.15, -0.1) is 0 Å². The van der Waals surface area contributed by atoms with Gasteiger partial charge in [0.05, 0.1) is 12.3 Å². The van der Waals surface area contributed by atoms with Gasteiger partial charge < -0.3 is 14.8 Å². The highest BCUT2D eigenvalue weighted by Gasteiger charge is 2.31. The number of benzene rings is 3. The van der Waals surface area contributed by atoms with Gasteiger partial charge in [-0.25, -0.2) is 4.39 Å². The van der Waals surface area contributed by atoms with Crippen molar-refractivity contribution in [2.75, 3.05) is 11.5 Å². The van der Waals surface area contributed by atoms with Gasteiger partial charge in [-0.2, -0.15) is 0 Å². The smallest absolute Gasteiger partial charge is 0.281 e. The van der Waals surface area contributed by atoms with Crippen molar-refractivity contribution in [3.8, 4) is 11.5 Å². The molecule has 1 fully saturated rings. The number of nitrogens with zero attached hydrogens (tertiary/aromatic N) is 1. The van der Waals surface area contributed by atoms with Gasteiger partial charge in [-0.3, -0.25) is 9.69 Å². The van der Waals surface area contributed by atoms with Gasteiger partial charge in [0.15, 0.2) is 5.11 Å².